The van der Waals surface area contributed by atoms with Gasteiger partial charge in [0, 0.05) is 25.0 Å². The first-order chi connectivity index (χ1) is 13.4. The molecule has 0 spiro atoms. The molecule has 1 heterocycles. The van der Waals surface area contributed by atoms with Crippen molar-refractivity contribution in [2.75, 3.05) is 41.4 Å². The lowest BCUT2D eigenvalue weighted by Gasteiger charge is -2.25. The fourth-order valence-electron chi connectivity index (χ4n) is 3.93. The van der Waals surface area contributed by atoms with Gasteiger partial charge in [0.05, 0.1) is 20.6 Å². The molecule has 1 aliphatic rings. The molecule has 0 aromatic heterocycles. The molecule has 2 atom stereocenters. The molecule has 0 bridgehead atoms. The number of nitrogens with zero attached hydrogens (tertiary/aromatic N) is 2. The Balaban J connectivity index is 1.74. The monoisotopic (exact) mass is 382 g/mol. The summed E-state index contributed by atoms with van der Waals surface area (Å²) in [7, 11) is 7.40. The van der Waals surface area contributed by atoms with Crippen molar-refractivity contribution in [1.29, 1.82) is 0 Å². The summed E-state index contributed by atoms with van der Waals surface area (Å²) >= 11 is 0. The Kier molecular flexibility index (Phi) is 6.25. The topological polar surface area (TPSA) is 42.0 Å². The summed E-state index contributed by atoms with van der Waals surface area (Å²) in [4.78, 5) is 17.2. The average molecular weight is 383 g/mol. The molecule has 0 aliphatic carbocycles. The minimum atomic E-state index is 0.147. The van der Waals surface area contributed by atoms with Crippen LogP contribution in [0.25, 0.3) is 0 Å². The van der Waals surface area contributed by atoms with Crippen LogP contribution < -0.4 is 9.47 Å². The number of methoxy groups -OCH3 is 2. The van der Waals surface area contributed by atoms with E-state index >= 15 is 0 Å². The van der Waals surface area contributed by atoms with Gasteiger partial charge >= 0.3 is 0 Å². The average Bonchev–Trinajstić information content (AvgIpc) is 3.14. The predicted octanol–water partition coefficient (Wildman–Crippen LogP) is 3.11. The van der Waals surface area contributed by atoms with Crippen LogP contribution in [-0.2, 0) is 11.2 Å². The number of hydrogen-bond donors (Lipinski definition) is 0. The van der Waals surface area contributed by atoms with Crippen molar-refractivity contribution >= 4 is 5.91 Å². The van der Waals surface area contributed by atoms with E-state index in [1.54, 1.807) is 14.2 Å². The molecule has 0 saturated carbocycles. The molecular weight excluding hydrogens is 352 g/mol. The molecule has 150 valence electrons. The predicted molar refractivity (Wildman–Crippen MR) is 111 cm³/mol. The van der Waals surface area contributed by atoms with Crippen molar-refractivity contribution in [3.8, 4) is 11.5 Å². The van der Waals surface area contributed by atoms with Crippen LogP contribution in [0.1, 0.15) is 22.6 Å². The zero-order chi connectivity index (χ0) is 20.3. The number of benzene rings is 2. The number of carbonyl (C=O) groups is 1. The van der Waals surface area contributed by atoms with Crippen LogP contribution in [0.4, 0.5) is 0 Å². The highest BCUT2D eigenvalue weighted by molar-refractivity contribution is 5.79. The van der Waals surface area contributed by atoms with E-state index in [0.29, 0.717) is 29.9 Å². The Bertz CT molecular complexity index is 817. The highest BCUT2D eigenvalue weighted by Crippen LogP contribution is 2.32. The quantitative estimate of drug-likeness (QED) is 0.770. The molecule has 5 heteroatoms. The normalized spacial score (nSPS) is 19.1. The maximum atomic E-state index is 13.0. The molecule has 3 rings (SSSR count). The maximum absolute atomic E-state index is 13.0. The summed E-state index contributed by atoms with van der Waals surface area (Å²) in [6.07, 6.45) is 0.362. The third-order valence-electron chi connectivity index (χ3n) is 5.61. The van der Waals surface area contributed by atoms with E-state index in [4.69, 9.17) is 9.47 Å². The number of hydrogen-bond acceptors (Lipinski definition) is 4. The van der Waals surface area contributed by atoms with Crippen molar-refractivity contribution in [3.05, 3.63) is 59.2 Å². The first-order valence-corrected chi connectivity index (χ1v) is 9.64. The van der Waals surface area contributed by atoms with Gasteiger partial charge in [-0.3, -0.25) is 4.79 Å². The second-order valence-electron chi connectivity index (χ2n) is 7.71. The summed E-state index contributed by atoms with van der Waals surface area (Å²) in [5.41, 5.74) is 3.48. The Labute approximate surface area is 167 Å². The molecule has 0 N–H and O–H groups in total. The van der Waals surface area contributed by atoms with Crippen LogP contribution in [0, 0.1) is 6.92 Å². The first kappa shape index (κ1) is 20.2. The number of carbonyl (C=O) groups excluding carboxylic acids is 1. The Morgan fingerprint density at radius 1 is 1.04 bits per heavy atom. The number of amides is 1. The van der Waals surface area contributed by atoms with Gasteiger partial charge in [-0.1, -0.05) is 35.9 Å². The van der Waals surface area contributed by atoms with Gasteiger partial charge in [0.25, 0.3) is 0 Å². The molecule has 2 unspecified atom stereocenters. The van der Waals surface area contributed by atoms with Gasteiger partial charge in [0.15, 0.2) is 11.5 Å². The van der Waals surface area contributed by atoms with Crippen molar-refractivity contribution in [3.63, 3.8) is 0 Å². The second-order valence-corrected chi connectivity index (χ2v) is 7.71. The van der Waals surface area contributed by atoms with Gasteiger partial charge in [-0.25, -0.2) is 0 Å². The highest BCUT2D eigenvalue weighted by atomic mass is 16.5. The fourth-order valence-corrected chi connectivity index (χ4v) is 3.93. The van der Waals surface area contributed by atoms with Crippen LogP contribution >= 0.6 is 0 Å². The molecule has 1 fully saturated rings. The van der Waals surface area contributed by atoms with Crippen molar-refractivity contribution in [2.45, 2.75) is 25.3 Å². The highest BCUT2D eigenvalue weighted by Gasteiger charge is 2.37. The standard InChI is InChI=1S/C23H30N2O3/c1-16-6-9-18(10-7-16)19-14-25(15-20(19)24(2)3)23(26)13-17-8-11-21(27-4)22(12-17)28-5/h6-12,19-20H,13-15H2,1-5H3. The zero-order valence-corrected chi connectivity index (χ0v) is 17.4. The third kappa shape index (κ3) is 4.30. The van der Waals surface area contributed by atoms with Crippen LogP contribution in [0.5, 0.6) is 11.5 Å². The zero-order valence-electron chi connectivity index (χ0n) is 17.4. The van der Waals surface area contributed by atoms with E-state index in [1.807, 2.05) is 23.1 Å². The second kappa shape index (κ2) is 8.65. The van der Waals surface area contributed by atoms with E-state index in [1.165, 1.54) is 11.1 Å². The smallest absolute Gasteiger partial charge is 0.227 e. The van der Waals surface area contributed by atoms with Gasteiger partial charge in [-0.05, 0) is 44.3 Å². The largest absolute Gasteiger partial charge is 0.493 e. The van der Waals surface area contributed by atoms with Crippen LogP contribution in [-0.4, -0.2) is 63.2 Å². The van der Waals surface area contributed by atoms with E-state index in [0.717, 1.165) is 18.7 Å². The Morgan fingerprint density at radius 3 is 2.32 bits per heavy atom. The van der Waals surface area contributed by atoms with Gasteiger partial charge in [-0.15, -0.1) is 0 Å². The van der Waals surface area contributed by atoms with Gasteiger partial charge in [0.2, 0.25) is 5.91 Å². The summed E-state index contributed by atoms with van der Waals surface area (Å²) in [5, 5.41) is 0. The number of ether oxygens (including phenoxy) is 2. The molecule has 2 aromatic carbocycles. The third-order valence-corrected chi connectivity index (χ3v) is 5.61. The van der Waals surface area contributed by atoms with Crippen LogP contribution in [0.3, 0.4) is 0 Å². The van der Waals surface area contributed by atoms with Crippen molar-refractivity contribution in [2.24, 2.45) is 0 Å². The van der Waals surface area contributed by atoms with Gasteiger partial charge in [0.1, 0.15) is 0 Å². The Morgan fingerprint density at radius 2 is 1.71 bits per heavy atom. The minimum absolute atomic E-state index is 0.147. The number of rotatable bonds is 6. The molecule has 2 aromatic rings. The number of aryl methyl sites for hydroxylation is 1. The van der Waals surface area contributed by atoms with E-state index < -0.39 is 0 Å². The molecule has 28 heavy (non-hydrogen) atoms. The molecular formula is C23H30N2O3. The summed E-state index contributed by atoms with van der Waals surface area (Å²) in [6, 6.07) is 14.7. The SMILES string of the molecule is COc1ccc(CC(=O)N2CC(c3ccc(C)cc3)C(N(C)C)C2)cc1OC. The van der Waals surface area contributed by atoms with Gasteiger partial charge in [-0.2, -0.15) is 0 Å². The lowest BCUT2D eigenvalue weighted by molar-refractivity contribution is -0.129. The molecule has 1 saturated heterocycles. The van der Waals surface area contributed by atoms with E-state index in [-0.39, 0.29) is 5.91 Å². The maximum Gasteiger partial charge on any atom is 0.227 e. The molecule has 0 radical (unpaired) electrons. The van der Waals surface area contributed by atoms with E-state index in [2.05, 4.69) is 50.2 Å². The number of likely N-dealkylation sites (N-methyl/N-ethyl adjacent to an activating group) is 1. The molecule has 1 aliphatic heterocycles. The summed E-state index contributed by atoms with van der Waals surface area (Å²) in [6.45, 7) is 3.59. The minimum Gasteiger partial charge on any atom is -0.493 e. The lowest BCUT2D eigenvalue weighted by atomic mass is 9.93. The van der Waals surface area contributed by atoms with E-state index in [9.17, 15) is 4.79 Å². The van der Waals surface area contributed by atoms with Crippen molar-refractivity contribution < 1.29 is 14.3 Å². The fraction of sp³-hybridized carbons (Fsp3) is 0.435. The molecule has 5 nitrogen and oxygen atoms in total. The summed E-state index contributed by atoms with van der Waals surface area (Å²) < 4.78 is 10.6. The first-order valence-electron chi connectivity index (χ1n) is 9.64. The van der Waals surface area contributed by atoms with Gasteiger partial charge < -0.3 is 19.3 Å². The lowest BCUT2D eigenvalue weighted by Crippen LogP contribution is -2.36. The number of likely N-dealkylation sites (tertiary alicyclic amines) is 1. The van der Waals surface area contributed by atoms with Crippen LogP contribution in [0.2, 0.25) is 0 Å². The summed E-state index contributed by atoms with van der Waals surface area (Å²) in [5.74, 6) is 1.79. The molecule has 1 amide bonds. The Hall–Kier alpha value is -2.53. The van der Waals surface area contributed by atoms with Crippen LogP contribution in [0.15, 0.2) is 42.5 Å². The van der Waals surface area contributed by atoms with Crippen molar-refractivity contribution in [1.82, 2.24) is 9.80 Å².